The van der Waals surface area contributed by atoms with E-state index in [1.54, 1.807) is 11.6 Å². The number of methoxy groups -OCH3 is 1. The highest BCUT2D eigenvalue weighted by atomic mass is 16.6. The second kappa shape index (κ2) is 7.74. The summed E-state index contributed by atoms with van der Waals surface area (Å²) < 4.78 is 12.3. The Bertz CT molecular complexity index is 626. The second-order valence-corrected chi connectivity index (χ2v) is 5.10. The molecule has 0 aromatic carbocycles. The molecule has 7 heteroatoms. The predicted octanol–water partition coefficient (Wildman–Crippen LogP) is 1.60. The number of fused-ring (bicyclic) bond motifs is 1. The first-order valence-electron chi connectivity index (χ1n) is 7.41. The summed E-state index contributed by atoms with van der Waals surface area (Å²) in [7, 11) is 1.62. The Hall–Kier alpha value is -2.15. The molecule has 1 unspecified atom stereocenters. The quantitative estimate of drug-likeness (QED) is 0.745. The molecule has 2 rings (SSSR count). The van der Waals surface area contributed by atoms with Gasteiger partial charge in [-0.15, -0.1) is 0 Å². The first-order valence-corrected chi connectivity index (χ1v) is 7.41. The minimum Gasteiger partial charge on any atom is -0.463 e. The summed E-state index contributed by atoms with van der Waals surface area (Å²) >= 11 is 0. The van der Waals surface area contributed by atoms with Gasteiger partial charge in [0.25, 0.3) is 0 Å². The number of nitrogens with two attached hydrogens (primary N) is 1. The summed E-state index contributed by atoms with van der Waals surface area (Å²) in [6.07, 6.45) is 4.00. The number of esters is 1. The summed E-state index contributed by atoms with van der Waals surface area (Å²) in [5.41, 5.74) is 7.62. The van der Waals surface area contributed by atoms with E-state index in [0.717, 1.165) is 30.5 Å². The monoisotopic (exact) mass is 306 g/mol. The van der Waals surface area contributed by atoms with E-state index >= 15 is 0 Å². The van der Waals surface area contributed by atoms with Gasteiger partial charge in [-0.05, 0) is 31.4 Å². The summed E-state index contributed by atoms with van der Waals surface area (Å²) in [6, 6.07) is 3.87. The number of carbonyl (C=O) groups is 1. The molecule has 0 saturated heterocycles. The van der Waals surface area contributed by atoms with E-state index in [4.69, 9.17) is 15.2 Å². The molecule has 0 aliphatic carbocycles. The van der Waals surface area contributed by atoms with Gasteiger partial charge in [0.1, 0.15) is 18.5 Å². The van der Waals surface area contributed by atoms with Crippen molar-refractivity contribution in [1.82, 2.24) is 14.6 Å². The fraction of sp³-hybridized carbons (Fsp3) is 0.533. The summed E-state index contributed by atoms with van der Waals surface area (Å²) in [4.78, 5) is 15.4. The summed E-state index contributed by atoms with van der Waals surface area (Å²) in [5, 5.41) is 4.20. The van der Waals surface area contributed by atoms with Crippen LogP contribution in [0.25, 0.3) is 5.52 Å². The summed E-state index contributed by atoms with van der Waals surface area (Å²) in [5.74, 6) is 0.274. The van der Waals surface area contributed by atoms with Gasteiger partial charge in [-0.1, -0.05) is 6.92 Å². The number of hydrogen-bond acceptors (Lipinski definition) is 6. The molecule has 2 N–H and O–H groups in total. The van der Waals surface area contributed by atoms with E-state index in [1.165, 1.54) is 6.33 Å². The highest BCUT2D eigenvalue weighted by molar-refractivity contribution is 5.69. The first-order chi connectivity index (χ1) is 10.7. The van der Waals surface area contributed by atoms with Crippen LogP contribution in [-0.4, -0.2) is 40.4 Å². The van der Waals surface area contributed by atoms with Crippen LogP contribution >= 0.6 is 0 Å². The number of hydrogen-bond donors (Lipinski definition) is 1. The van der Waals surface area contributed by atoms with Gasteiger partial charge in [-0.25, -0.2) is 9.50 Å². The van der Waals surface area contributed by atoms with Crippen LogP contribution in [0.3, 0.4) is 0 Å². The van der Waals surface area contributed by atoms with Crippen LogP contribution in [0.4, 0.5) is 5.82 Å². The standard InChI is InChI=1S/C15H22N4O3/c1-3-4-14(20)22-9-12(21-2)7-5-11-6-8-13-15(16)17-10-18-19(11)13/h6,8,10,12H,3-5,7,9H2,1-2H3,(H2,16,17,18). The van der Waals surface area contributed by atoms with Crippen LogP contribution in [0.15, 0.2) is 18.5 Å². The average Bonchev–Trinajstić information content (AvgIpc) is 2.92. The zero-order valence-electron chi connectivity index (χ0n) is 13.0. The first kappa shape index (κ1) is 16.2. The van der Waals surface area contributed by atoms with Crippen LogP contribution in [0, 0.1) is 0 Å². The molecule has 0 fully saturated rings. The lowest BCUT2D eigenvalue weighted by atomic mass is 10.1. The maximum Gasteiger partial charge on any atom is 0.305 e. The number of nitrogens with zero attached hydrogens (tertiary/aromatic N) is 3. The molecular formula is C15H22N4O3. The van der Waals surface area contributed by atoms with Crippen molar-refractivity contribution >= 4 is 17.3 Å². The van der Waals surface area contributed by atoms with Crippen molar-refractivity contribution in [2.45, 2.75) is 38.7 Å². The van der Waals surface area contributed by atoms with Gasteiger partial charge in [-0.3, -0.25) is 4.79 Å². The van der Waals surface area contributed by atoms with E-state index in [1.807, 2.05) is 19.1 Å². The molecule has 0 aliphatic heterocycles. The molecule has 0 bridgehead atoms. The van der Waals surface area contributed by atoms with Crippen molar-refractivity contribution < 1.29 is 14.3 Å². The molecule has 0 spiro atoms. The topological polar surface area (TPSA) is 91.7 Å². The third kappa shape index (κ3) is 3.94. The maximum atomic E-state index is 11.4. The number of aryl methyl sites for hydroxylation is 1. The Labute approximate surface area is 129 Å². The minimum absolute atomic E-state index is 0.134. The number of nitrogen functional groups attached to an aromatic ring is 1. The van der Waals surface area contributed by atoms with Gasteiger partial charge < -0.3 is 15.2 Å². The van der Waals surface area contributed by atoms with Gasteiger partial charge in [0.2, 0.25) is 0 Å². The third-order valence-electron chi connectivity index (χ3n) is 3.50. The lowest BCUT2D eigenvalue weighted by molar-refractivity contribution is -0.147. The molecule has 2 aromatic heterocycles. The van der Waals surface area contributed by atoms with Crippen LogP contribution in [0.5, 0.6) is 0 Å². The Kier molecular flexibility index (Phi) is 5.71. The van der Waals surface area contributed by atoms with Gasteiger partial charge in [-0.2, -0.15) is 5.10 Å². The smallest absolute Gasteiger partial charge is 0.305 e. The Morgan fingerprint density at radius 2 is 2.27 bits per heavy atom. The van der Waals surface area contributed by atoms with Crippen molar-refractivity contribution in [3.05, 3.63) is 24.2 Å². The maximum absolute atomic E-state index is 11.4. The van der Waals surface area contributed by atoms with Crippen molar-refractivity contribution in [2.24, 2.45) is 0 Å². The predicted molar refractivity (Wildman–Crippen MR) is 82.4 cm³/mol. The number of aromatic nitrogens is 3. The minimum atomic E-state index is -0.182. The van der Waals surface area contributed by atoms with Crippen LogP contribution in [0.2, 0.25) is 0 Å². The Balaban J connectivity index is 1.92. The lowest BCUT2D eigenvalue weighted by Gasteiger charge is -2.15. The van der Waals surface area contributed by atoms with E-state index < -0.39 is 0 Å². The number of anilines is 1. The van der Waals surface area contributed by atoms with Gasteiger partial charge in [0.15, 0.2) is 5.82 Å². The molecule has 7 nitrogen and oxygen atoms in total. The summed E-state index contributed by atoms with van der Waals surface area (Å²) in [6.45, 7) is 2.22. The van der Waals surface area contributed by atoms with Gasteiger partial charge >= 0.3 is 5.97 Å². The van der Waals surface area contributed by atoms with Gasteiger partial charge in [0.05, 0.1) is 6.10 Å². The SMILES string of the molecule is CCCC(=O)OCC(CCc1ccc2c(N)ncnn12)OC. The highest BCUT2D eigenvalue weighted by Crippen LogP contribution is 2.15. The molecule has 2 aromatic rings. The van der Waals surface area contributed by atoms with Crippen molar-refractivity contribution in [3.63, 3.8) is 0 Å². The van der Waals surface area contributed by atoms with Crippen LogP contribution in [0.1, 0.15) is 31.9 Å². The Morgan fingerprint density at radius 1 is 1.45 bits per heavy atom. The van der Waals surface area contributed by atoms with Crippen molar-refractivity contribution in [2.75, 3.05) is 19.5 Å². The average molecular weight is 306 g/mol. The van der Waals surface area contributed by atoms with E-state index in [9.17, 15) is 4.79 Å². The molecule has 0 radical (unpaired) electrons. The fourth-order valence-electron chi connectivity index (χ4n) is 2.24. The number of carbonyl (C=O) groups excluding carboxylic acids is 1. The second-order valence-electron chi connectivity index (χ2n) is 5.10. The van der Waals surface area contributed by atoms with E-state index in [0.29, 0.717) is 12.2 Å². The highest BCUT2D eigenvalue weighted by Gasteiger charge is 2.13. The molecule has 2 heterocycles. The van der Waals surface area contributed by atoms with Crippen molar-refractivity contribution in [1.29, 1.82) is 0 Å². The molecule has 0 amide bonds. The third-order valence-corrected chi connectivity index (χ3v) is 3.50. The molecule has 22 heavy (non-hydrogen) atoms. The zero-order valence-corrected chi connectivity index (χ0v) is 13.0. The van der Waals surface area contributed by atoms with Crippen LogP contribution in [-0.2, 0) is 20.7 Å². The number of rotatable bonds is 8. The normalized spacial score (nSPS) is 12.5. The Morgan fingerprint density at radius 3 is 3.00 bits per heavy atom. The number of ether oxygens (including phenoxy) is 2. The zero-order chi connectivity index (χ0) is 15.9. The molecular weight excluding hydrogens is 284 g/mol. The molecule has 120 valence electrons. The van der Waals surface area contributed by atoms with E-state index in [-0.39, 0.29) is 18.7 Å². The molecule has 0 saturated carbocycles. The lowest BCUT2D eigenvalue weighted by Crippen LogP contribution is -2.21. The largest absolute Gasteiger partial charge is 0.463 e. The van der Waals surface area contributed by atoms with Crippen LogP contribution < -0.4 is 5.73 Å². The van der Waals surface area contributed by atoms with E-state index in [2.05, 4.69) is 10.1 Å². The van der Waals surface area contributed by atoms with Gasteiger partial charge in [0, 0.05) is 19.2 Å². The fourth-order valence-corrected chi connectivity index (χ4v) is 2.24. The molecule has 0 aliphatic rings. The van der Waals surface area contributed by atoms with Crippen molar-refractivity contribution in [3.8, 4) is 0 Å². The molecule has 1 atom stereocenters.